The van der Waals surface area contributed by atoms with Crippen molar-refractivity contribution >= 4 is 45.9 Å². The van der Waals surface area contributed by atoms with Gasteiger partial charge in [-0.3, -0.25) is 9.69 Å². The summed E-state index contributed by atoms with van der Waals surface area (Å²) >= 11 is 9.73. The van der Waals surface area contributed by atoms with E-state index in [-0.39, 0.29) is 11.9 Å². The van der Waals surface area contributed by atoms with Crippen LogP contribution in [-0.4, -0.2) is 23.9 Å². The van der Waals surface area contributed by atoms with Crippen LogP contribution in [0.5, 0.6) is 0 Å². The Morgan fingerprint density at radius 3 is 2.92 bits per heavy atom. The van der Waals surface area contributed by atoms with E-state index in [2.05, 4.69) is 39.2 Å². The Bertz CT molecular complexity index is 920. The van der Waals surface area contributed by atoms with Gasteiger partial charge in [0.15, 0.2) is 0 Å². The molecule has 0 saturated carbocycles. The van der Waals surface area contributed by atoms with Crippen LogP contribution in [0.2, 0.25) is 5.02 Å². The van der Waals surface area contributed by atoms with Gasteiger partial charge in [0, 0.05) is 27.0 Å². The molecule has 0 radical (unpaired) electrons. The monoisotopic (exact) mass is 402 g/mol. The first-order valence-corrected chi connectivity index (χ1v) is 10.7. The molecule has 3 nitrogen and oxygen atoms in total. The summed E-state index contributed by atoms with van der Waals surface area (Å²) in [5.41, 5.74) is 3.02. The Labute approximate surface area is 166 Å². The van der Waals surface area contributed by atoms with E-state index >= 15 is 0 Å². The van der Waals surface area contributed by atoms with E-state index in [1.54, 1.807) is 11.3 Å². The molecule has 1 amide bonds. The van der Waals surface area contributed by atoms with Gasteiger partial charge in [-0.1, -0.05) is 23.7 Å². The third kappa shape index (κ3) is 3.45. The van der Waals surface area contributed by atoms with Crippen LogP contribution in [-0.2, 0) is 11.2 Å². The van der Waals surface area contributed by atoms with E-state index in [4.69, 9.17) is 11.6 Å². The fourth-order valence-electron chi connectivity index (χ4n) is 3.44. The lowest BCUT2D eigenvalue weighted by atomic mass is 9.98. The molecule has 6 heteroatoms. The van der Waals surface area contributed by atoms with E-state index in [9.17, 15) is 4.79 Å². The summed E-state index contributed by atoms with van der Waals surface area (Å²) in [6, 6.07) is 12.2. The maximum absolute atomic E-state index is 12.7. The predicted molar refractivity (Wildman–Crippen MR) is 111 cm³/mol. The van der Waals surface area contributed by atoms with Crippen LogP contribution >= 0.6 is 34.3 Å². The third-order valence-corrected chi connectivity index (χ3v) is 7.10. The largest absolute Gasteiger partial charge is 0.325 e. The molecule has 1 aliphatic heterocycles. The lowest BCUT2D eigenvalue weighted by Crippen LogP contribution is -2.40. The van der Waals surface area contributed by atoms with E-state index in [0.29, 0.717) is 11.6 Å². The first-order valence-electron chi connectivity index (χ1n) is 8.52. The molecule has 0 aliphatic carbocycles. The minimum Gasteiger partial charge on any atom is -0.325 e. The summed E-state index contributed by atoms with van der Waals surface area (Å²) in [5.74, 6) is -0.00407. The number of benzene rings is 1. The summed E-state index contributed by atoms with van der Waals surface area (Å²) < 4.78 is 0. The van der Waals surface area contributed by atoms with E-state index in [1.807, 2.05) is 36.5 Å². The van der Waals surface area contributed by atoms with Gasteiger partial charge in [0.25, 0.3) is 0 Å². The summed E-state index contributed by atoms with van der Waals surface area (Å²) in [4.78, 5) is 17.7. The molecule has 1 atom stereocenters. The van der Waals surface area contributed by atoms with Crippen molar-refractivity contribution in [3.05, 3.63) is 73.1 Å². The van der Waals surface area contributed by atoms with Gasteiger partial charge >= 0.3 is 0 Å². The molecule has 2 aromatic heterocycles. The fourth-order valence-corrected chi connectivity index (χ4v) is 5.39. The van der Waals surface area contributed by atoms with Crippen LogP contribution in [0.1, 0.15) is 26.9 Å². The highest BCUT2D eigenvalue weighted by Gasteiger charge is 2.31. The third-order valence-electron chi connectivity index (χ3n) is 4.77. The van der Waals surface area contributed by atoms with Crippen LogP contribution < -0.4 is 5.32 Å². The Morgan fingerprint density at radius 1 is 1.23 bits per heavy atom. The van der Waals surface area contributed by atoms with Crippen LogP contribution in [0.25, 0.3) is 0 Å². The van der Waals surface area contributed by atoms with Crippen LogP contribution in [0, 0.1) is 6.92 Å². The van der Waals surface area contributed by atoms with Crippen molar-refractivity contribution in [2.45, 2.75) is 19.4 Å². The Balaban J connectivity index is 1.55. The SMILES string of the molecule is Cc1c(Cl)cccc1NC(=O)CN1CCc2sccc2[C@H]1c1cccs1. The second-order valence-corrected chi connectivity index (χ2v) is 8.79. The molecule has 3 heterocycles. The fraction of sp³-hybridized carbons (Fsp3) is 0.250. The minimum absolute atomic E-state index is 0.00407. The first-order chi connectivity index (χ1) is 12.6. The van der Waals surface area contributed by atoms with Gasteiger partial charge in [0.1, 0.15) is 0 Å². The predicted octanol–water partition coefficient (Wildman–Crippen LogP) is 5.36. The number of fused-ring (bicyclic) bond motifs is 1. The van der Waals surface area contributed by atoms with Gasteiger partial charge in [0.05, 0.1) is 12.6 Å². The van der Waals surface area contributed by atoms with Gasteiger partial charge in [-0.05, 0) is 59.5 Å². The molecule has 1 aromatic carbocycles. The molecule has 134 valence electrons. The van der Waals surface area contributed by atoms with Crippen LogP contribution in [0.15, 0.2) is 47.2 Å². The van der Waals surface area contributed by atoms with Crippen LogP contribution in [0.3, 0.4) is 0 Å². The summed E-state index contributed by atoms with van der Waals surface area (Å²) in [5, 5.41) is 7.95. The van der Waals surface area contributed by atoms with Gasteiger partial charge in [-0.15, -0.1) is 22.7 Å². The molecular formula is C20H19ClN2OS2. The highest BCUT2D eigenvalue weighted by Crippen LogP contribution is 2.39. The molecule has 4 rings (SSSR count). The van der Waals surface area contributed by atoms with Gasteiger partial charge < -0.3 is 5.32 Å². The van der Waals surface area contributed by atoms with Gasteiger partial charge in [0.2, 0.25) is 5.91 Å². The molecule has 3 aromatic rings. The molecule has 0 unspecified atom stereocenters. The standard InChI is InChI=1S/C20H19ClN2OS2/c1-13-15(21)4-2-5-16(13)22-19(24)12-23-9-7-17-14(8-11-26-17)20(23)18-6-3-10-25-18/h2-6,8,10-11,20H,7,9,12H2,1H3,(H,22,24)/t20-/m0/s1. The Hall–Kier alpha value is -1.66. The van der Waals surface area contributed by atoms with Crippen LogP contribution in [0.4, 0.5) is 5.69 Å². The normalized spacial score (nSPS) is 17.1. The average molecular weight is 403 g/mol. The highest BCUT2D eigenvalue weighted by atomic mass is 35.5. The van der Waals surface area contributed by atoms with Crippen molar-refractivity contribution < 1.29 is 4.79 Å². The van der Waals surface area contributed by atoms with Crippen molar-refractivity contribution in [1.29, 1.82) is 0 Å². The van der Waals surface area contributed by atoms with Crippen molar-refractivity contribution in [3.8, 4) is 0 Å². The van der Waals surface area contributed by atoms with Crippen molar-refractivity contribution in [3.63, 3.8) is 0 Å². The number of hydrogen-bond donors (Lipinski definition) is 1. The molecule has 0 fully saturated rings. The lowest BCUT2D eigenvalue weighted by Gasteiger charge is -2.34. The number of nitrogens with zero attached hydrogens (tertiary/aromatic N) is 1. The quantitative estimate of drug-likeness (QED) is 0.637. The second-order valence-electron chi connectivity index (χ2n) is 6.40. The molecule has 1 aliphatic rings. The van der Waals surface area contributed by atoms with E-state index in [0.717, 1.165) is 24.2 Å². The number of amides is 1. The number of nitrogens with one attached hydrogen (secondary N) is 1. The van der Waals surface area contributed by atoms with E-state index in [1.165, 1.54) is 15.3 Å². The minimum atomic E-state index is -0.00407. The molecule has 0 spiro atoms. The van der Waals surface area contributed by atoms with Crippen molar-refractivity contribution in [1.82, 2.24) is 4.90 Å². The zero-order chi connectivity index (χ0) is 18.1. The van der Waals surface area contributed by atoms with Gasteiger partial charge in [-0.25, -0.2) is 0 Å². The summed E-state index contributed by atoms with van der Waals surface area (Å²) in [7, 11) is 0. The average Bonchev–Trinajstić information content (AvgIpc) is 3.30. The number of anilines is 1. The summed E-state index contributed by atoms with van der Waals surface area (Å²) in [6.07, 6.45) is 0.998. The summed E-state index contributed by atoms with van der Waals surface area (Å²) in [6.45, 7) is 3.17. The second kappa shape index (κ2) is 7.53. The van der Waals surface area contributed by atoms with Gasteiger partial charge in [-0.2, -0.15) is 0 Å². The molecule has 1 N–H and O–H groups in total. The molecular weight excluding hydrogens is 384 g/mol. The molecule has 0 saturated heterocycles. The number of carbonyl (C=O) groups excluding carboxylic acids is 1. The highest BCUT2D eigenvalue weighted by molar-refractivity contribution is 7.10. The maximum Gasteiger partial charge on any atom is 0.238 e. The topological polar surface area (TPSA) is 32.3 Å². The Kier molecular flexibility index (Phi) is 5.14. The number of thiophene rings is 2. The zero-order valence-electron chi connectivity index (χ0n) is 14.4. The maximum atomic E-state index is 12.7. The van der Waals surface area contributed by atoms with E-state index < -0.39 is 0 Å². The molecule has 0 bridgehead atoms. The smallest absolute Gasteiger partial charge is 0.238 e. The number of carbonyl (C=O) groups is 1. The number of rotatable bonds is 4. The number of halogens is 1. The first kappa shape index (κ1) is 17.7. The Morgan fingerprint density at radius 2 is 2.12 bits per heavy atom. The zero-order valence-corrected chi connectivity index (χ0v) is 16.8. The number of hydrogen-bond acceptors (Lipinski definition) is 4. The van der Waals surface area contributed by atoms with Crippen molar-refractivity contribution in [2.24, 2.45) is 0 Å². The van der Waals surface area contributed by atoms with Crippen molar-refractivity contribution in [2.75, 3.05) is 18.4 Å². The lowest BCUT2D eigenvalue weighted by molar-refractivity contribution is -0.117. The molecule has 26 heavy (non-hydrogen) atoms.